The van der Waals surface area contributed by atoms with Crippen molar-refractivity contribution >= 4 is 12.6 Å². The molecule has 236 valence electrons. The van der Waals surface area contributed by atoms with Crippen molar-refractivity contribution in [2.75, 3.05) is 0 Å². The lowest BCUT2D eigenvalue weighted by Gasteiger charge is -2.33. The first-order chi connectivity index (χ1) is 21.2. The van der Waals surface area contributed by atoms with Gasteiger partial charge in [-0.3, -0.25) is 0 Å². The van der Waals surface area contributed by atoms with Gasteiger partial charge < -0.3 is 9.31 Å². The van der Waals surface area contributed by atoms with Crippen LogP contribution in [-0.2, 0) is 14.7 Å². The summed E-state index contributed by atoms with van der Waals surface area (Å²) in [6, 6.07) is 25.4. The minimum absolute atomic E-state index is 0.0185. The van der Waals surface area contributed by atoms with Crippen LogP contribution < -0.4 is 5.46 Å². The molecule has 0 bridgehead atoms. The monoisotopic (exact) mass is 592 g/mol. The molecule has 0 atom stereocenters. The molecule has 1 aliphatic carbocycles. The first kappa shape index (κ1) is 33.0. The van der Waals surface area contributed by atoms with Gasteiger partial charge in [-0.05, 0) is 85.4 Å². The van der Waals surface area contributed by atoms with Crippen molar-refractivity contribution in [3.05, 3.63) is 77.9 Å². The number of benzene rings is 3. The molecule has 3 heteroatoms. The molecule has 44 heavy (non-hydrogen) atoms. The summed E-state index contributed by atoms with van der Waals surface area (Å²) in [5.74, 6) is 0. The molecule has 2 aliphatic rings. The number of fused-ring (bicyclic) bond motifs is 3. The van der Waals surface area contributed by atoms with Gasteiger partial charge in [0.15, 0.2) is 0 Å². The van der Waals surface area contributed by atoms with Gasteiger partial charge in [0.25, 0.3) is 0 Å². The van der Waals surface area contributed by atoms with Crippen LogP contribution in [0.15, 0.2) is 66.7 Å². The second-order valence-corrected chi connectivity index (χ2v) is 14.6. The van der Waals surface area contributed by atoms with Gasteiger partial charge in [-0.25, -0.2) is 0 Å². The van der Waals surface area contributed by atoms with Gasteiger partial charge in [-0.2, -0.15) is 0 Å². The lowest BCUT2D eigenvalue weighted by molar-refractivity contribution is 0.00578. The van der Waals surface area contributed by atoms with E-state index in [1.165, 1.54) is 118 Å². The molecular formula is C41H57BO2. The highest BCUT2D eigenvalue weighted by Gasteiger charge is 2.52. The highest BCUT2D eigenvalue weighted by molar-refractivity contribution is 6.62. The van der Waals surface area contributed by atoms with E-state index in [0.717, 1.165) is 5.46 Å². The maximum atomic E-state index is 6.58. The Morgan fingerprint density at radius 2 is 1.02 bits per heavy atom. The molecule has 0 aromatic heterocycles. The van der Waals surface area contributed by atoms with Crippen molar-refractivity contribution in [2.24, 2.45) is 0 Å². The zero-order valence-electron chi connectivity index (χ0n) is 28.6. The van der Waals surface area contributed by atoms with Gasteiger partial charge >= 0.3 is 7.12 Å². The van der Waals surface area contributed by atoms with Crippen LogP contribution in [0.3, 0.4) is 0 Å². The van der Waals surface area contributed by atoms with Crippen LogP contribution in [-0.4, -0.2) is 18.3 Å². The highest BCUT2D eigenvalue weighted by atomic mass is 16.7. The van der Waals surface area contributed by atoms with Crippen molar-refractivity contribution in [1.82, 2.24) is 0 Å². The number of rotatable bonds is 16. The van der Waals surface area contributed by atoms with E-state index in [1.807, 2.05) is 0 Å². The van der Waals surface area contributed by atoms with Crippen LogP contribution in [0.4, 0.5) is 0 Å². The third kappa shape index (κ3) is 6.90. The summed E-state index contributed by atoms with van der Waals surface area (Å²) in [5.41, 5.74) is 9.01. The van der Waals surface area contributed by atoms with E-state index in [9.17, 15) is 0 Å². The molecule has 1 fully saturated rings. The van der Waals surface area contributed by atoms with Crippen LogP contribution in [0.2, 0.25) is 0 Å². The third-order valence-electron chi connectivity index (χ3n) is 10.9. The van der Waals surface area contributed by atoms with Gasteiger partial charge in [0, 0.05) is 5.41 Å². The van der Waals surface area contributed by atoms with Crippen LogP contribution in [0.5, 0.6) is 0 Å². The molecule has 3 aromatic carbocycles. The predicted molar refractivity (Wildman–Crippen MR) is 190 cm³/mol. The van der Waals surface area contributed by atoms with E-state index in [-0.39, 0.29) is 23.7 Å². The molecular weight excluding hydrogens is 535 g/mol. The standard InChI is InChI=1S/C41H57BO2/c1-7-9-11-13-15-20-28-41(29-21-16-14-12-10-8-2)37-30-33(32-22-18-17-19-23-32)24-26-35(37)36-27-25-34(31-38(36)41)42-43-39(3,4)40(5,6)44-42/h17-19,22-27,30-31H,7-16,20-21,28-29H2,1-6H3. The van der Waals surface area contributed by atoms with Gasteiger partial charge in [0.2, 0.25) is 0 Å². The zero-order valence-corrected chi connectivity index (χ0v) is 28.6. The van der Waals surface area contributed by atoms with E-state index in [4.69, 9.17) is 9.31 Å². The van der Waals surface area contributed by atoms with Gasteiger partial charge in [0.1, 0.15) is 0 Å². The minimum Gasteiger partial charge on any atom is -0.399 e. The average molecular weight is 593 g/mol. The third-order valence-corrected chi connectivity index (χ3v) is 10.9. The Morgan fingerprint density at radius 1 is 0.523 bits per heavy atom. The Balaban J connectivity index is 1.55. The summed E-state index contributed by atoms with van der Waals surface area (Å²) >= 11 is 0. The van der Waals surface area contributed by atoms with Gasteiger partial charge in [0.05, 0.1) is 11.2 Å². The van der Waals surface area contributed by atoms with Crippen molar-refractivity contribution in [3.63, 3.8) is 0 Å². The first-order valence-electron chi connectivity index (χ1n) is 17.9. The maximum Gasteiger partial charge on any atom is 0.494 e. The summed E-state index contributed by atoms with van der Waals surface area (Å²) in [4.78, 5) is 0. The quantitative estimate of drug-likeness (QED) is 0.122. The van der Waals surface area contributed by atoms with Gasteiger partial charge in [-0.1, -0.05) is 152 Å². The zero-order chi connectivity index (χ0) is 31.2. The van der Waals surface area contributed by atoms with E-state index in [1.54, 1.807) is 5.56 Å². The summed E-state index contributed by atoms with van der Waals surface area (Å²) in [7, 11) is -0.338. The van der Waals surface area contributed by atoms with Crippen molar-refractivity contribution in [2.45, 2.75) is 148 Å². The summed E-state index contributed by atoms with van der Waals surface area (Å²) in [6.45, 7) is 13.2. The second-order valence-electron chi connectivity index (χ2n) is 14.6. The van der Waals surface area contributed by atoms with Gasteiger partial charge in [-0.15, -0.1) is 0 Å². The fraction of sp³-hybridized carbons (Fsp3) is 0.561. The lowest BCUT2D eigenvalue weighted by atomic mass is 9.68. The van der Waals surface area contributed by atoms with E-state index >= 15 is 0 Å². The molecule has 5 rings (SSSR count). The number of hydrogen-bond acceptors (Lipinski definition) is 2. The first-order valence-corrected chi connectivity index (χ1v) is 17.9. The summed E-state index contributed by atoms with van der Waals surface area (Å²) in [6.07, 6.45) is 18.3. The Kier molecular flexibility index (Phi) is 10.8. The van der Waals surface area contributed by atoms with Crippen molar-refractivity contribution in [3.8, 4) is 22.3 Å². The SMILES string of the molecule is CCCCCCCCC1(CCCCCCCC)c2cc(B3OC(C)(C)C(C)(C)O3)ccc2-c2ccc(-c3ccccc3)cc21. The molecule has 2 nitrogen and oxygen atoms in total. The predicted octanol–water partition coefficient (Wildman–Crippen LogP) is 11.4. The molecule has 0 spiro atoms. The molecule has 1 saturated heterocycles. The minimum atomic E-state index is -0.349. The fourth-order valence-corrected chi connectivity index (χ4v) is 7.53. The largest absolute Gasteiger partial charge is 0.494 e. The Hall–Kier alpha value is -2.36. The van der Waals surface area contributed by atoms with Crippen molar-refractivity contribution in [1.29, 1.82) is 0 Å². The molecule has 0 N–H and O–H groups in total. The Labute approximate surface area is 269 Å². The van der Waals surface area contributed by atoms with E-state index in [0.29, 0.717) is 0 Å². The fourth-order valence-electron chi connectivity index (χ4n) is 7.53. The number of unbranched alkanes of at least 4 members (excludes halogenated alkanes) is 10. The van der Waals surface area contributed by atoms with E-state index < -0.39 is 0 Å². The molecule has 0 radical (unpaired) electrons. The topological polar surface area (TPSA) is 18.5 Å². The number of hydrogen-bond donors (Lipinski definition) is 0. The molecule has 1 aliphatic heterocycles. The molecule has 1 heterocycles. The van der Waals surface area contributed by atoms with E-state index in [2.05, 4.69) is 108 Å². The van der Waals surface area contributed by atoms with Crippen LogP contribution in [0.1, 0.15) is 143 Å². The normalized spacial score (nSPS) is 17.5. The van der Waals surface area contributed by atoms with Crippen LogP contribution in [0, 0.1) is 0 Å². The summed E-state index contributed by atoms with van der Waals surface area (Å²) in [5, 5.41) is 0. The second kappa shape index (κ2) is 14.4. The molecule has 0 saturated carbocycles. The molecule has 3 aromatic rings. The maximum absolute atomic E-state index is 6.58. The van der Waals surface area contributed by atoms with Crippen molar-refractivity contribution < 1.29 is 9.31 Å². The van der Waals surface area contributed by atoms with Crippen LogP contribution in [0.25, 0.3) is 22.3 Å². The lowest BCUT2D eigenvalue weighted by Crippen LogP contribution is -2.41. The summed E-state index contributed by atoms with van der Waals surface area (Å²) < 4.78 is 13.2. The Bertz CT molecular complexity index is 1330. The Morgan fingerprint density at radius 3 is 1.59 bits per heavy atom. The smallest absolute Gasteiger partial charge is 0.399 e. The molecule has 0 unspecified atom stereocenters. The van der Waals surface area contributed by atoms with Crippen LogP contribution >= 0.6 is 0 Å². The average Bonchev–Trinajstić information content (AvgIpc) is 3.42. The highest BCUT2D eigenvalue weighted by Crippen LogP contribution is 2.55. The molecule has 0 amide bonds.